The molecule has 22 heavy (non-hydrogen) atoms. The van der Waals surface area contributed by atoms with E-state index in [2.05, 4.69) is 5.32 Å². The van der Waals surface area contributed by atoms with Crippen molar-refractivity contribution in [3.8, 4) is 0 Å². The minimum absolute atomic E-state index is 0.426. The number of carbonyl (C=O) groups is 2. The summed E-state index contributed by atoms with van der Waals surface area (Å²) in [6.07, 6.45) is 0.289. The van der Waals surface area contributed by atoms with Crippen LogP contribution in [-0.4, -0.2) is 35.4 Å². The number of aromatic nitrogens is 1. The number of ether oxygens (including phenoxy) is 1. The molecule has 3 rings (SSSR count). The second-order valence-electron chi connectivity index (χ2n) is 5.08. The molecular weight excluding hydrogens is 284 g/mol. The Morgan fingerprint density at radius 1 is 1.32 bits per heavy atom. The van der Waals surface area contributed by atoms with Gasteiger partial charge in [-0.3, -0.25) is 0 Å². The van der Waals surface area contributed by atoms with Gasteiger partial charge in [-0.1, -0.05) is 18.2 Å². The third-order valence-corrected chi connectivity index (χ3v) is 3.80. The molecule has 0 amide bonds. The number of benzene rings is 1. The molecule has 0 saturated carbocycles. The maximum absolute atomic E-state index is 12.0. The van der Waals surface area contributed by atoms with E-state index >= 15 is 0 Å². The topological polar surface area (TPSA) is 80.6 Å². The summed E-state index contributed by atoms with van der Waals surface area (Å²) in [6, 6.07) is 9.01. The lowest BCUT2D eigenvalue weighted by Crippen LogP contribution is -2.27. The van der Waals surface area contributed by atoms with Crippen LogP contribution < -0.4 is 5.32 Å². The average Bonchev–Trinajstić information content (AvgIpc) is 2.93. The Morgan fingerprint density at radius 2 is 2.09 bits per heavy atom. The van der Waals surface area contributed by atoms with Crippen molar-refractivity contribution in [1.29, 1.82) is 0 Å². The third-order valence-electron chi connectivity index (χ3n) is 3.80. The quantitative estimate of drug-likeness (QED) is 0.833. The fraction of sp³-hybridized carbons (Fsp3) is 0.250. The lowest BCUT2D eigenvalue weighted by molar-refractivity contribution is -0.136. The minimum Gasteiger partial charge on any atom is -0.466 e. The Balaban J connectivity index is 2.28. The van der Waals surface area contributed by atoms with Crippen LogP contribution in [-0.2, 0) is 9.53 Å². The van der Waals surface area contributed by atoms with E-state index in [-0.39, 0.29) is 0 Å². The number of methoxy groups -OCH3 is 1. The molecule has 1 aliphatic rings. The van der Waals surface area contributed by atoms with Gasteiger partial charge in [-0.15, -0.1) is 0 Å². The number of fused-ring (bicyclic) bond motifs is 1. The van der Waals surface area contributed by atoms with Gasteiger partial charge in [0.1, 0.15) is 0 Å². The van der Waals surface area contributed by atoms with E-state index in [9.17, 15) is 14.7 Å². The van der Waals surface area contributed by atoms with Gasteiger partial charge in [0.2, 0.25) is 0 Å². The molecule has 2 aromatic rings. The van der Waals surface area contributed by atoms with E-state index < -0.39 is 12.1 Å². The number of rotatable bonds is 2. The van der Waals surface area contributed by atoms with Gasteiger partial charge in [0.15, 0.2) is 0 Å². The van der Waals surface area contributed by atoms with Gasteiger partial charge >= 0.3 is 12.1 Å². The van der Waals surface area contributed by atoms with Crippen molar-refractivity contribution >= 4 is 28.7 Å². The van der Waals surface area contributed by atoms with Gasteiger partial charge in [0.25, 0.3) is 0 Å². The lowest BCUT2D eigenvalue weighted by Gasteiger charge is -2.21. The van der Waals surface area contributed by atoms with Crippen molar-refractivity contribution in [1.82, 2.24) is 9.88 Å². The summed E-state index contributed by atoms with van der Waals surface area (Å²) < 4.78 is 6.02. The first-order valence-electron chi connectivity index (χ1n) is 7.03. The normalized spacial score (nSPS) is 14.8. The highest BCUT2D eigenvalue weighted by atomic mass is 16.5. The zero-order valence-electron chi connectivity index (χ0n) is 12.1. The van der Waals surface area contributed by atoms with Gasteiger partial charge in [0.05, 0.1) is 29.6 Å². The summed E-state index contributed by atoms with van der Waals surface area (Å²) in [5, 5.41) is 13.5. The Hall–Kier alpha value is -2.76. The van der Waals surface area contributed by atoms with Gasteiger partial charge < -0.3 is 15.2 Å². The summed E-state index contributed by atoms with van der Waals surface area (Å²) in [4.78, 5) is 23.7. The number of para-hydroxylation sites is 1. The molecular formula is C16H16N2O4. The molecule has 1 aromatic carbocycles. The van der Waals surface area contributed by atoms with Crippen LogP contribution in [0.25, 0.3) is 16.6 Å². The molecule has 2 N–H and O–H groups in total. The first-order chi connectivity index (χ1) is 10.6. The van der Waals surface area contributed by atoms with E-state index in [0.29, 0.717) is 35.4 Å². The second kappa shape index (κ2) is 5.55. The Kier molecular flexibility index (Phi) is 3.58. The standard InChI is InChI=1S/C16H16N2O4/c1-22-15(19)11-6-4-8-17-14(11)13-9-10-5-2-3-7-12(10)18(13)16(20)21/h2-3,5,7,9,17H,4,6,8H2,1H3,(H,20,21). The van der Waals surface area contributed by atoms with Gasteiger partial charge in [-0.2, -0.15) is 0 Å². The molecule has 0 fully saturated rings. The molecule has 0 spiro atoms. The number of hydrogen-bond acceptors (Lipinski definition) is 4. The van der Waals surface area contributed by atoms with Crippen LogP contribution in [0.3, 0.4) is 0 Å². The molecule has 0 aliphatic carbocycles. The van der Waals surface area contributed by atoms with Crippen molar-refractivity contribution in [3.05, 3.63) is 41.6 Å². The Bertz CT molecular complexity index is 789. The number of carbonyl (C=O) groups excluding carboxylic acids is 1. The summed E-state index contributed by atoms with van der Waals surface area (Å²) in [5.41, 5.74) is 2.08. The maximum Gasteiger partial charge on any atom is 0.416 e. The van der Waals surface area contributed by atoms with Crippen LogP contribution >= 0.6 is 0 Å². The highest BCUT2D eigenvalue weighted by Crippen LogP contribution is 2.29. The van der Waals surface area contributed by atoms with Crippen molar-refractivity contribution in [3.63, 3.8) is 0 Å². The van der Waals surface area contributed by atoms with Gasteiger partial charge in [-0.05, 0) is 25.0 Å². The molecule has 0 radical (unpaired) electrons. The van der Waals surface area contributed by atoms with Crippen LogP contribution in [0.5, 0.6) is 0 Å². The average molecular weight is 300 g/mol. The zero-order valence-corrected chi connectivity index (χ0v) is 12.1. The molecule has 6 nitrogen and oxygen atoms in total. The Morgan fingerprint density at radius 3 is 2.82 bits per heavy atom. The van der Waals surface area contributed by atoms with Crippen LogP contribution in [0, 0.1) is 0 Å². The molecule has 0 atom stereocenters. The molecule has 6 heteroatoms. The van der Waals surface area contributed by atoms with E-state index in [0.717, 1.165) is 11.8 Å². The number of hydrogen-bond donors (Lipinski definition) is 2. The number of nitrogens with one attached hydrogen (secondary N) is 1. The smallest absolute Gasteiger partial charge is 0.416 e. The molecule has 0 bridgehead atoms. The molecule has 0 saturated heterocycles. The van der Waals surface area contributed by atoms with Gasteiger partial charge in [-0.25, -0.2) is 14.2 Å². The van der Waals surface area contributed by atoms with E-state index in [1.807, 2.05) is 12.1 Å². The molecule has 1 aliphatic heterocycles. The monoisotopic (exact) mass is 300 g/mol. The predicted octanol–water partition coefficient (Wildman–Crippen LogP) is 2.43. The molecule has 2 heterocycles. The highest BCUT2D eigenvalue weighted by molar-refractivity contribution is 6.01. The maximum atomic E-state index is 12.0. The van der Waals surface area contributed by atoms with Crippen molar-refractivity contribution in [2.75, 3.05) is 13.7 Å². The van der Waals surface area contributed by atoms with E-state index in [1.54, 1.807) is 18.2 Å². The van der Waals surface area contributed by atoms with Gasteiger partial charge in [0, 0.05) is 11.9 Å². The summed E-state index contributed by atoms with van der Waals surface area (Å²) in [7, 11) is 1.33. The number of nitrogens with zero attached hydrogens (tertiary/aromatic N) is 1. The number of carboxylic acid groups (broad SMARTS) is 1. The first-order valence-corrected chi connectivity index (χ1v) is 7.03. The second-order valence-corrected chi connectivity index (χ2v) is 5.08. The van der Waals surface area contributed by atoms with Crippen LogP contribution in [0.2, 0.25) is 0 Å². The first kappa shape index (κ1) is 14.2. The van der Waals surface area contributed by atoms with Crippen molar-refractivity contribution < 1.29 is 19.4 Å². The van der Waals surface area contributed by atoms with E-state index in [1.165, 1.54) is 11.7 Å². The summed E-state index contributed by atoms with van der Waals surface area (Å²) in [6.45, 7) is 0.691. The predicted molar refractivity (Wildman–Crippen MR) is 81.5 cm³/mol. The minimum atomic E-state index is -1.08. The molecule has 114 valence electrons. The van der Waals surface area contributed by atoms with Crippen molar-refractivity contribution in [2.45, 2.75) is 12.8 Å². The molecule has 1 aromatic heterocycles. The SMILES string of the molecule is COC(=O)C1=C(c2cc3ccccc3n2C(=O)O)NCCC1. The lowest BCUT2D eigenvalue weighted by atomic mass is 10.0. The highest BCUT2D eigenvalue weighted by Gasteiger charge is 2.25. The molecule has 0 unspecified atom stereocenters. The largest absolute Gasteiger partial charge is 0.466 e. The van der Waals surface area contributed by atoms with E-state index in [4.69, 9.17) is 4.74 Å². The third kappa shape index (κ3) is 2.22. The van der Waals surface area contributed by atoms with Crippen LogP contribution in [0.4, 0.5) is 4.79 Å². The fourth-order valence-corrected chi connectivity index (χ4v) is 2.83. The number of esters is 1. The van der Waals surface area contributed by atoms with Crippen molar-refractivity contribution in [2.24, 2.45) is 0 Å². The fourth-order valence-electron chi connectivity index (χ4n) is 2.83. The summed E-state index contributed by atoms with van der Waals surface area (Å²) in [5.74, 6) is -0.426. The zero-order chi connectivity index (χ0) is 15.7. The summed E-state index contributed by atoms with van der Waals surface area (Å²) >= 11 is 0. The van der Waals surface area contributed by atoms with Crippen LogP contribution in [0.1, 0.15) is 18.5 Å². The van der Waals surface area contributed by atoms with Crippen LogP contribution in [0.15, 0.2) is 35.9 Å². The Labute approximate surface area is 127 Å².